The largest absolute Gasteiger partial charge is 0.459 e. The molecule has 2 fully saturated rings. The summed E-state index contributed by atoms with van der Waals surface area (Å²) in [5.41, 5.74) is 2.45. The number of ether oxygens (including phenoxy) is 8. The smallest absolute Gasteiger partial charge is 0.338 e. The number of carbonyl (C=O) groups is 3. The maximum absolute atomic E-state index is 13.7. The Bertz CT molecular complexity index is 2020. The zero-order chi connectivity index (χ0) is 39.4. The van der Waals surface area contributed by atoms with Crippen LogP contribution in [0.15, 0.2) is 152 Å². The molecule has 2 aliphatic rings. The molecular weight excluding hydrogens is 732 g/mol. The van der Waals surface area contributed by atoms with Gasteiger partial charge in [-0.2, -0.15) is 0 Å². The van der Waals surface area contributed by atoms with Gasteiger partial charge in [-0.3, -0.25) is 0 Å². The van der Waals surface area contributed by atoms with E-state index in [1.165, 1.54) is 0 Å². The zero-order valence-electron chi connectivity index (χ0n) is 30.8. The quantitative estimate of drug-likeness (QED) is 0.0995. The van der Waals surface area contributed by atoms with E-state index >= 15 is 0 Å². The van der Waals surface area contributed by atoms with Crippen molar-refractivity contribution in [2.75, 3.05) is 13.2 Å². The Labute approximate surface area is 329 Å². The Hall–Kier alpha value is -5.73. The van der Waals surface area contributed by atoms with Crippen molar-refractivity contribution in [2.45, 2.75) is 62.4 Å². The number of esters is 3. The topological polar surface area (TPSA) is 145 Å². The maximum Gasteiger partial charge on any atom is 0.338 e. The van der Waals surface area contributed by atoms with E-state index in [1.54, 1.807) is 91.0 Å². The summed E-state index contributed by atoms with van der Waals surface area (Å²) in [5.74, 6) is -2.13. The van der Waals surface area contributed by atoms with Gasteiger partial charge in [0.25, 0.3) is 0 Å². The van der Waals surface area contributed by atoms with E-state index in [9.17, 15) is 19.5 Å². The highest BCUT2D eigenvalue weighted by molar-refractivity contribution is 5.91. The molecule has 5 aromatic carbocycles. The third-order valence-electron chi connectivity index (χ3n) is 9.45. The second-order valence-corrected chi connectivity index (χ2v) is 13.4. The first-order valence-electron chi connectivity index (χ1n) is 18.6. The molecule has 0 aromatic heterocycles. The van der Waals surface area contributed by atoms with Crippen LogP contribution >= 0.6 is 0 Å². The minimum atomic E-state index is -1.45. The van der Waals surface area contributed by atoms with Gasteiger partial charge >= 0.3 is 17.9 Å². The first kappa shape index (κ1) is 39.5. The molecule has 0 unspecified atom stereocenters. The Morgan fingerprint density at radius 2 is 1.00 bits per heavy atom. The third-order valence-corrected chi connectivity index (χ3v) is 9.45. The molecule has 0 aliphatic carbocycles. The summed E-state index contributed by atoms with van der Waals surface area (Å²) in [5, 5.41) is 11.2. The maximum atomic E-state index is 13.7. The van der Waals surface area contributed by atoms with Gasteiger partial charge in [-0.25, -0.2) is 14.4 Å². The first-order valence-corrected chi connectivity index (χ1v) is 18.6. The number of hydrogen-bond acceptors (Lipinski definition) is 12. The van der Waals surface area contributed by atoms with Crippen LogP contribution in [0.2, 0.25) is 0 Å². The number of benzene rings is 5. The van der Waals surface area contributed by atoms with Crippen molar-refractivity contribution in [1.29, 1.82) is 0 Å². The van der Waals surface area contributed by atoms with Crippen molar-refractivity contribution in [3.63, 3.8) is 0 Å². The van der Waals surface area contributed by atoms with E-state index in [1.807, 2.05) is 60.7 Å². The average molecular weight is 775 g/mol. The van der Waals surface area contributed by atoms with Gasteiger partial charge in [-0.1, -0.05) is 115 Å². The van der Waals surface area contributed by atoms with Crippen LogP contribution in [0.1, 0.15) is 42.2 Å². The minimum Gasteiger partial charge on any atom is -0.459 e. The average Bonchev–Trinajstić information content (AvgIpc) is 3.57. The highest BCUT2D eigenvalue weighted by Crippen LogP contribution is 2.34. The molecule has 2 heterocycles. The molecule has 2 saturated heterocycles. The molecule has 12 heteroatoms. The lowest BCUT2D eigenvalue weighted by molar-refractivity contribution is -0.315. The molecular formula is C45H42O12. The summed E-state index contributed by atoms with van der Waals surface area (Å²) in [6.45, 7) is -0.234. The van der Waals surface area contributed by atoms with Crippen LogP contribution in [0, 0.1) is 0 Å². The molecule has 0 saturated carbocycles. The fraction of sp³-hybridized carbons (Fsp3) is 0.267. The Morgan fingerprint density at radius 1 is 0.544 bits per heavy atom. The van der Waals surface area contributed by atoms with E-state index in [4.69, 9.17) is 37.9 Å². The monoisotopic (exact) mass is 774 g/mol. The van der Waals surface area contributed by atoms with Crippen LogP contribution in [0.4, 0.5) is 0 Å². The van der Waals surface area contributed by atoms with Crippen molar-refractivity contribution in [3.8, 4) is 0 Å². The summed E-state index contributed by atoms with van der Waals surface area (Å²) in [6.07, 6.45) is -9.87. The van der Waals surface area contributed by atoms with Gasteiger partial charge in [0.2, 0.25) is 0 Å². The predicted molar refractivity (Wildman–Crippen MR) is 204 cm³/mol. The highest BCUT2D eigenvalue weighted by atomic mass is 16.8. The van der Waals surface area contributed by atoms with Gasteiger partial charge in [-0.15, -0.1) is 0 Å². The SMILES string of the molecule is O=C(OC[C@@H]1O[C@@H](O[C@@H]2[C@@H](OCc3ccccc3)[C@H](O)OC[C@H]2OCc2ccccc2)[C@H](OC(=O)c2ccccc2)[C@H]1OC(=O)c1ccccc1)c1ccccc1. The standard InChI is InChI=1S/C45H42O12/c46-41(32-20-10-3-11-21-32)52-29-36-38(55-42(47)33-22-12-4-13-23-33)40(56-43(48)34-24-14-5-15-25-34)45(54-36)57-37-35(50-26-30-16-6-1-7-17-30)28-53-44(49)39(37)51-27-31-18-8-2-9-19-31/h1-25,35-40,44-45,49H,26-29H2/t35-,36+,37+,38+,39-,40-,44-,45+/m1/s1. The number of aliphatic hydroxyl groups is 1. The van der Waals surface area contributed by atoms with Crippen molar-refractivity contribution in [3.05, 3.63) is 179 Å². The normalized spacial score (nSPS) is 24.3. The van der Waals surface area contributed by atoms with Crippen molar-refractivity contribution >= 4 is 17.9 Å². The molecule has 0 spiro atoms. The van der Waals surface area contributed by atoms with Crippen LogP contribution in [0.3, 0.4) is 0 Å². The van der Waals surface area contributed by atoms with E-state index in [-0.39, 0.29) is 30.9 Å². The molecule has 8 atom stereocenters. The van der Waals surface area contributed by atoms with Gasteiger partial charge in [0.15, 0.2) is 24.8 Å². The molecule has 294 valence electrons. The molecule has 5 aromatic rings. The Morgan fingerprint density at radius 3 is 1.53 bits per heavy atom. The molecule has 7 rings (SSSR count). The second kappa shape index (κ2) is 19.4. The Balaban J connectivity index is 1.21. The van der Waals surface area contributed by atoms with Crippen molar-refractivity contribution < 1.29 is 57.4 Å². The van der Waals surface area contributed by atoms with Crippen LogP contribution in [-0.2, 0) is 51.1 Å². The van der Waals surface area contributed by atoms with E-state index in [2.05, 4.69) is 0 Å². The lowest BCUT2D eigenvalue weighted by Crippen LogP contribution is -2.58. The van der Waals surface area contributed by atoms with Crippen molar-refractivity contribution in [1.82, 2.24) is 0 Å². The van der Waals surface area contributed by atoms with Gasteiger partial charge in [0, 0.05) is 0 Å². The fourth-order valence-corrected chi connectivity index (χ4v) is 6.49. The molecule has 12 nitrogen and oxygen atoms in total. The van der Waals surface area contributed by atoms with E-state index in [0.717, 1.165) is 11.1 Å². The fourth-order valence-electron chi connectivity index (χ4n) is 6.49. The van der Waals surface area contributed by atoms with Gasteiger partial charge in [-0.05, 0) is 47.5 Å². The number of rotatable bonds is 15. The first-order chi connectivity index (χ1) is 27.9. The summed E-state index contributed by atoms with van der Waals surface area (Å²) in [7, 11) is 0. The summed E-state index contributed by atoms with van der Waals surface area (Å²) in [4.78, 5) is 40.5. The lowest BCUT2D eigenvalue weighted by atomic mass is 10.0. The lowest BCUT2D eigenvalue weighted by Gasteiger charge is -2.41. The minimum absolute atomic E-state index is 0.0877. The van der Waals surface area contributed by atoms with Crippen LogP contribution in [0.5, 0.6) is 0 Å². The van der Waals surface area contributed by atoms with Crippen LogP contribution < -0.4 is 0 Å². The summed E-state index contributed by atoms with van der Waals surface area (Å²) >= 11 is 0. The van der Waals surface area contributed by atoms with E-state index < -0.39 is 73.7 Å². The summed E-state index contributed by atoms with van der Waals surface area (Å²) in [6, 6.07) is 43.8. The molecule has 57 heavy (non-hydrogen) atoms. The number of hydrogen-bond donors (Lipinski definition) is 1. The molecule has 1 N–H and O–H groups in total. The van der Waals surface area contributed by atoms with Crippen LogP contribution in [-0.4, -0.2) is 85.4 Å². The number of carbonyl (C=O) groups excluding carboxylic acids is 3. The van der Waals surface area contributed by atoms with Gasteiger partial charge < -0.3 is 43.0 Å². The molecule has 0 radical (unpaired) electrons. The molecule has 0 amide bonds. The summed E-state index contributed by atoms with van der Waals surface area (Å²) < 4.78 is 49.3. The van der Waals surface area contributed by atoms with E-state index in [0.29, 0.717) is 5.56 Å². The number of aliphatic hydroxyl groups excluding tert-OH is 1. The predicted octanol–water partition coefficient (Wildman–Crippen LogP) is 5.92. The molecule has 2 aliphatic heterocycles. The third kappa shape index (κ3) is 10.4. The van der Waals surface area contributed by atoms with Gasteiger partial charge in [0.1, 0.15) is 31.0 Å². The molecule has 0 bridgehead atoms. The van der Waals surface area contributed by atoms with Gasteiger partial charge in [0.05, 0.1) is 36.5 Å². The highest BCUT2D eigenvalue weighted by Gasteiger charge is 2.54. The van der Waals surface area contributed by atoms with Crippen molar-refractivity contribution in [2.24, 2.45) is 0 Å². The van der Waals surface area contributed by atoms with Crippen LogP contribution in [0.25, 0.3) is 0 Å². The zero-order valence-corrected chi connectivity index (χ0v) is 30.8. The second-order valence-electron chi connectivity index (χ2n) is 13.4. The Kier molecular flexibility index (Phi) is 13.5.